The second kappa shape index (κ2) is 6.49. The third-order valence-corrected chi connectivity index (χ3v) is 2.58. The zero-order valence-corrected chi connectivity index (χ0v) is 10.9. The predicted molar refractivity (Wildman–Crippen MR) is 62.5 cm³/mol. The average molecular weight is 240 g/mol. The standard InChI is InChI=1S/C12H20N2O3/c1-5-6-10(16-4)12-13-11(17-14-12)7-9(15)8(2)3/h8,10H,5-7H2,1-4H3. The van der Waals surface area contributed by atoms with Crippen molar-refractivity contribution in [3.05, 3.63) is 11.7 Å². The number of hydrogen-bond acceptors (Lipinski definition) is 5. The van der Waals surface area contributed by atoms with Gasteiger partial charge in [-0.15, -0.1) is 0 Å². The van der Waals surface area contributed by atoms with E-state index in [9.17, 15) is 4.79 Å². The van der Waals surface area contributed by atoms with E-state index in [4.69, 9.17) is 9.26 Å². The lowest BCUT2D eigenvalue weighted by atomic mass is 10.1. The molecule has 0 aromatic carbocycles. The second-order valence-electron chi connectivity index (χ2n) is 4.36. The fourth-order valence-electron chi connectivity index (χ4n) is 1.44. The van der Waals surface area contributed by atoms with Crippen LogP contribution in [-0.4, -0.2) is 23.0 Å². The zero-order valence-electron chi connectivity index (χ0n) is 10.9. The smallest absolute Gasteiger partial charge is 0.234 e. The van der Waals surface area contributed by atoms with Crippen LogP contribution in [0.15, 0.2) is 4.52 Å². The number of carbonyl (C=O) groups is 1. The van der Waals surface area contributed by atoms with Crippen LogP contribution >= 0.6 is 0 Å². The van der Waals surface area contributed by atoms with Crippen LogP contribution in [-0.2, 0) is 16.0 Å². The first kappa shape index (κ1) is 13.8. The van der Waals surface area contributed by atoms with Crippen molar-refractivity contribution in [1.29, 1.82) is 0 Å². The lowest BCUT2D eigenvalue weighted by Gasteiger charge is -2.08. The van der Waals surface area contributed by atoms with Gasteiger partial charge in [0.1, 0.15) is 11.9 Å². The van der Waals surface area contributed by atoms with Gasteiger partial charge in [-0.05, 0) is 6.42 Å². The highest BCUT2D eigenvalue weighted by molar-refractivity contribution is 5.81. The molecule has 0 saturated heterocycles. The minimum Gasteiger partial charge on any atom is -0.373 e. The van der Waals surface area contributed by atoms with Crippen molar-refractivity contribution in [2.75, 3.05) is 7.11 Å². The highest BCUT2D eigenvalue weighted by atomic mass is 16.5. The van der Waals surface area contributed by atoms with E-state index in [1.54, 1.807) is 7.11 Å². The maximum Gasteiger partial charge on any atom is 0.234 e. The molecule has 0 spiro atoms. The topological polar surface area (TPSA) is 65.2 Å². The fourth-order valence-corrected chi connectivity index (χ4v) is 1.44. The Morgan fingerprint density at radius 3 is 2.71 bits per heavy atom. The van der Waals surface area contributed by atoms with Gasteiger partial charge in [-0.3, -0.25) is 4.79 Å². The summed E-state index contributed by atoms with van der Waals surface area (Å²) < 4.78 is 10.3. The molecule has 0 N–H and O–H groups in total. The van der Waals surface area contributed by atoms with Crippen LogP contribution < -0.4 is 0 Å². The molecule has 96 valence electrons. The first-order valence-corrected chi connectivity index (χ1v) is 5.96. The molecule has 1 unspecified atom stereocenters. The van der Waals surface area contributed by atoms with Crippen LogP contribution in [0.1, 0.15) is 51.4 Å². The van der Waals surface area contributed by atoms with Gasteiger partial charge in [0.05, 0.1) is 6.42 Å². The SMILES string of the molecule is CCCC(OC)c1noc(CC(=O)C(C)C)n1. The molecule has 1 atom stereocenters. The summed E-state index contributed by atoms with van der Waals surface area (Å²) in [5, 5.41) is 3.86. The highest BCUT2D eigenvalue weighted by Gasteiger charge is 2.19. The summed E-state index contributed by atoms with van der Waals surface area (Å²) in [6.07, 6.45) is 1.88. The molecule has 0 aliphatic carbocycles. The number of ketones is 1. The largest absolute Gasteiger partial charge is 0.373 e. The quantitative estimate of drug-likeness (QED) is 0.731. The maximum absolute atomic E-state index is 11.5. The summed E-state index contributed by atoms with van der Waals surface area (Å²) >= 11 is 0. The monoisotopic (exact) mass is 240 g/mol. The Bertz CT molecular complexity index is 360. The number of rotatable bonds is 7. The molecule has 1 aromatic heterocycles. The van der Waals surface area contributed by atoms with Crippen molar-refractivity contribution in [3.8, 4) is 0 Å². The van der Waals surface area contributed by atoms with Crippen molar-refractivity contribution in [3.63, 3.8) is 0 Å². The molecule has 1 aromatic rings. The maximum atomic E-state index is 11.5. The van der Waals surface area contributed by atoms with Crippen LogP contribution in [0, 0.1) is 5.92 Å². The molecular formula is C12H20N2O3. The Morgan fingerprint density at radius 1 is 1.47 bits per heavy atom. The minimum absolute atomic E-state index is 0.0146. The van der Waals surface area contributed by atoms with E-state index in [0.29, 0.717) is 11.7 Å². The van der Waals surface area contributed by atoms with Crippen LogP contribution in [0.5, 0.6) is 0 Å². The van der Waals surface area contributed by atoms with E-state index in [2.05, 4.69) is 17.1 Å². The van der Waals surface area contributed by atoms with Gasteiger partial charge in [0.2, 0.25) is 11.7 Å². The predicted octanol–water partition coefficient (Wildman–Crippen LogP) is 2.32. The molecule has 0 fully saturated rings. The molecule has 5 nitrogen and oxygen atoms in total. The fraction of sp³-hybridized carbons (Fsp3) is 0.750. The molecule has 0 saturated carbocycles. The van der Waals surface area contributed by atoms with Crippen LogP contribution in [0.25, 0.3) is 0 Å². The first-order chi connectivity index (χ1) is 8.08. The van der Waals surface area contributed by atoms with Crippen molar-refractivity contribution in [1.82, 2.24) is 10.1 Å². The van der Waals surface area contributed by atoms with Gasteiger partial charge < -0.3 is 9.26 Å². The Morgan fingerprint density at radius 2 is 2.18 bits per heavy atom. The summed E-state index contributed by atoms with van der Waals surface area (Å²) in [6, 6.07) is 0. The number of hydrogen-bond donors (Lipinski definition) is 0. The van der Waals surface area contributed by atoms with Crippen molar-refractivity contribution in [2.24, 2.45) is 5.92 Å². The van der Waals surface area contributed by atoms with Gasteiger partial charge in [-0.2, -0.15) is 4.98 Å². The highest BCUT2D eigenvalue weighted by Crippen LogP contribution is 2.19. The lowest BCUT2D eigenvalue weighted by Crippen LogP contribution is -2.10. The summed E-state index contributed by atoms with van der Waals surface area (Å²) in [5.74, 6) is 0.988. The van der Waals surface area contributed by atoms with Gasteiger partial charge in [0.25, 0.3) is 0 Å². The molecule has 0 aliphatic rings. The Balaban J connectivity index is 2.67. The summed E-state index contributed by atoms with van der Waals surface area (Å²) in [6.45, 7) is 5.78. The third kappa shape index (κ3) is 3.93. The molecule has 1 heterocycles. The molecule has 1 rings (SSSR count). The van der Waals surface area contributed by atoms with E-state index >= 15 is 0 Å². The number of nitrogens with zero attached hydrogens (tertiary/aromatic N) is 2. The van der Waals surface area contributed by atoms with Gasteiger partial charge in [-0.1, -0.05) is 32.3 Å². The van der Waals surface area contributed by atoms with Gasteiger partial charge in [-0.25, -0.2) is 0 Å². The summed E-state index contributed by atoms with van der Waals surface area (Å²) in [7, 11) is 1.62. The summed E-state index contributed by atoms with van der Waals surface area (Å²) in [5.41, 5.74) is 0. The molecular weight excluding hydrogens is 220 g/mol. The molecule has 0 amide bonds. The van der Waals surface area contributed by atoms with E-state index < -0.39 is 0 Å². The van der Waals surface area contributed by atoms with Crippen LogP contribution in [0.3, 0.4) is 0 Å². The van der Waals surface area contributed by atoms with Crippen molar-refractivity contribution in [2.45, 2.75) is 46.1 Å². The Hall–Kier alpha value is -1.23. The summed E-state index contributed by atoms with van der Waals surface area (Å²) in [4.78, 5) is 15.7. The lowest BCUT2D eigenvalue weighted by molar-refractivity contribution is -0.121. The van der Waals surface area contributed by atoms with E-state index in [0.717, 1.165) is 12.8 Å². The van der Waals surface area contributed by atoms with Crippen molar-refractivity contribution < 1.29 is 14.1 Å². The second-order valence-corrected chi connectivity index (χ2v) is 4.36. The van der Waals surface area contributed by atoms with Crippen LogP contribution in [0.2, 0.25) is 0 Å². The molecule has 0 bridgehead atoms. The zero-order chi connectivity index (χ0) is 12.8. The van der Waals surface area contributed by atoms with Gasteiger partial charge in [0.15, 0.2) is 0 Å². The molecule has 17 heavy (non-hydrogen) atoms. The van der Waals surface area contributed by atoms with Gasteiger partial charge in [0, 0.05) is 13.0 Å². The Labute approximate surface area is 102 Å². The normalized spacial score (nSPS) is 13.0. The number of ether oxygens (including phenoxy) is 1. The van der Waals surface area contributed by atoms with Crippen molar-refractivity contribution >= 4 is 5.78 Å². The first-order valence-electron chi connectivity index (χ1n) is 5.96. The minimum atomic E-state index is -0.147. The van der Waals surface area contributed by atoms with E-state index in [1.165, 1.54) is 0 Å². The number of aromatic nitrogens is 2. The third-order valence-electron chi connectivity index (χ3n) is 2.58. The number of carbonyl (C=O) groups excluding carboxylic acids is 1. The van der Waals surface area contributed by atoms with E-state index in [-0.39, 0.29) is 24.2 Å². The average Bonchev–Trinajstić information content (AvgIpc) is 2.74. The Kier molecular flexibility index (Phi) is 5.28. The van der Waals surface area contributed by atoms with Gasteiger partial charge >= 0.3 is 0 Å². The van der Waals surface area contributed by atoms with E-state index in [1.807, 2.05) is 13.8 Å². The van der Waals surface area contributed by atoms with Crippen LogP contribution in [0.4, 0.5) is 0 Å². The number of Topliss-reactive ketones (excluding diaryl/α,β-unsaturated/α-hetero) is 1. The molecule has 5 heteroatoms. The molecule has 0 radical (unpaired) electrons. The molecule has 0 aliphatic heterocycles. The number of methoxy groups -OCH3 is 1.